The molecular weight excluding hydrogens is 282 g/mol. The first kappa shape index (κ1) is 15.6. The fourth-order valence-electron chi connectivity index (χ4n) is 2.33. The van der Waals surface area contributed by atoms with Gasteiger partial charge in [0, 0.05) is 12.2 Å². The number of halogens is 1. The summed E-state index contributed by atoms with van der Waals surface area (Å²) in [4.78, 5) is 4.55. The Balaban J connectivity index is 2.39. The van der Waals surface area contributed by atoms with Gasteiger partial charge in [-0.1, -0.05) is 43.6 Å². The molecule has 0 saturated carbocycles. The molecule has 0 atom stereocenters. The SMILES string of the molecule is CCNc1ccc(Cl)c(Nc2c(CC)cccc2CC)n1. The van der Waals surface area contributed by atoms with Gasteiger partial charge in [-0.15, -0.1) is 0 Å². The number of aryl methyl sites for hydroxylation is 2. The van der Waals surface area contributed by atoms with Gasteiger partial charge >= 0.3 is 0 Å². The number of rotatable bonds is 6. The van der Waals surface area contributed by atoms with Crippen molar-refractivity contribution in [3.8, 4) is 0 Å². The van der Waals surface area contributed by atoms with Crippen LogP contribution in [0.1, 0.15) is 31.9 Å². The van der Waals surface area contributed by atoms with E-state index in [0.29, 0.717) is 10.8 Å². The van der Waals surface area contributed by atoms with E-state index in [0.717, 1.165) is 30.9 Å². The molecule has 0 saturated heterocycles. The Hall–Kier alpha value is -1.74. The Morgan fingerprint density at radius 3 is 2.24 bits per heavy atom. The van der Waals surface area contributed by atoms with Gasteiger partial charge in [-0.05, 0) is 43.0 Å². The molecule has 2 aromatic rings. The van der Waals surface area contributed by atoms with Crippen molar-refractivity contribution in [2.45, 2.75) is 33.6 Å². The maximum Gasteiger partial charge on any atom is 0.151 e. The summed E-state index contributed by atoms with van der Waals surface area (Å²) in [6.45, 7) is 7.19. The quantitative estimate of drug-likeness (QED) is 0.785. The first-order valence-corrected chi connectivity index (χ1v) is 7.85. The maximum atomic E-state index is 6.28. The predicted octanol–water partition coefficient (Wildman–Crippen LogP) is 5.04. The standard InChI is InChI=1S/C17H22ClN3/c1-4-12-8-7-9-13(5-2)16(12)21-17-14(18)10-11-15(20-17)19-6-3/h7-11H,4-6H2,1-3H3,(H2,19,20,21). The van der Waals surface area contributed by atoms with Gasteiger partial charge in [0.25, 0.3) is 0 Å². The molecule has 1 aromatic carbocycles. The molecule has 0 aliphatic carbocycles. The monoisotopic (exact) mass is 303 g/mol. The van der Waals surface area contributed by atoms with E-state index in [9.17, 15) is 0 Å². The number of para-hydroxylation sites is 1. The van der Waals surface area contributed by atoms with E-state index in [1.165, 1.54) is 11.1 Å². The molecule has 0 radical (unpaired) electrons. The molecule has 0 unspecified atom stereocenters. The summed E-state index contributed by atoms with van der Waals surface area (Å²) < 4.78 is 0. The fraction of sp³-hybridized carbons (Fsp3) is 0.353. The van der Waals surface area contributed by atoms with Crippen molar-refractivity contribution in [2.75, 3.05) is 17.2 Å². The molecule has 2 rings (SSSR count). The largest absolute Gasteiger partial charge is 0.370 e. The molecule has 1 heterocycles. The van der Waals surface area contributed by atoms with Crippen LogP contribution in [0.25, 0.3) is 0 Å². The number of anilines is 3. The predicted molar refractivity (Wildman–Crippen MR) is 91.9 cm³/mol. The van der Waals surface area contributed by atoms with Gasteiger partial charge in [0.2, 0.25) is 0 Å². The van der Waals surface area contributed by atoms with Gasteiger partial charge in [-0.2, -0.15) is 0 Å². The Bertz CT molecular complexity index is 589. The van der Waals surface area contributed by atoms with E-state index < -0.39 is 0 Å². The second-order valence-corrected chi connectivity index (χ2v) is 5.25. The number of hydrogen-bond acceptors (Lipinski definition) is 3. The van der Waals surface area contributed by atoms with Crippen LogP contribution in [0, 0.1) is 0 Å². The number of nitrogens with one attached hydrogen (secondary N) is 2. The van der Waals surface area contributed by atoms with Crippen LogP contribution >= 0.6 is 11.6 Å². The number of nitrogens with zero attached hydrogens (tertiary/aromatic N) is 1. The minimum absolute atomic E-state index is 0.629. The third-order valence-electron chi connectivity index (χ3n) is 3.45. The molecule has 0 fully saturated rings. The van der Waals surface area contributed by atoms with Crippen LogP contribution in [0.5, 0.6) is 0 Å². The molecule has 2 N–H and O–H groups in total. The number of pyridine rings is 1. The van der Waals surface area contributed by atoms with Crippen molar-refractivity contribution in [2.24, 2.45) is 0 Å². The summed E-state index contributed by atoms with van der Waals surface area (Å²) >= 11 is 6.28. The van der Waals surface area contributed by atoms with Crippen LogP contribution in [0.15, 0.2) is 30.3 Å². The smallest absolute Gasteiger partial charge is 0.151 e. The van der Waals surface area contributed by atoms with Crippen LogP contribution in [0.3, 0.4) is 0 Å². The lowest BCUT2D eigenvalue weighted by Crippen LogP contribution is -2.05. The van der Waals surface area contributed by atoms with Crippen molar-refractivity contribution >= 4 is 28.9 Å². The molecule has 0 bridgehead atoms. The molecule has 3 nitrogen and oxygen atoms in total. The highest BCUT2D eigenvalue weighted by atomic mass is 35.5. The van der Waals surface area contributed by atoms with Gasteiger partial charge in [0.1, 0.15) is 5.82 Å². The van der Waals surface area contributed by atoms with Gasteiger partial charge in [0.05, 0.1) is 5.02 Å². The molecular formula is C17H22ClN3. The molecule has 112 valence electrons. The van der Waals surface area contributed by atoms with Crippen LogP contribution in [-0.4, -0.2) is 11.5 Å². The zero-order chi connectivity index (χ0) is 15.2. The summed E-state index contributed by atoms with van der Waals surface area (Å²) in [5.74, 6) is 1.53. The minimum Gasteiger partial charge on any atom is -0.370 e. The normalized spacial score (nSPS) is 10.5. The van der Waals surface area contributed by atoms with E-state index in [1.807, 2.05) is 19.1 Å². The van der Waals surface area contributed by atoms with Gasteiger partial charge in [-0.3, -0.25) is 0 Å². The number of hydrogen-bond donors (Lipinski definition) is 2. The van der Waals surface area contributed by atoms with E-state index in [1.54, 1.807) is 0 Å². The van der Waals surface area contributed by atoms with Crippen LogP contribution in [0.2, 0.25) is 5.02 Å². The highest BCUT2D eigenvalue weighted by Crippen LogP contribution is 2.30. The topological polar surface area (TPSA) is 37.0 Å². The first-order chi connectivity index (χ1) is 10.2. The number of aromatic nitrogens is 1. The third-order valence-corrected chi connectivity index (χ3v) is 3.75. The van der Waals surface area contributed by atoms with Crippen molar-refractivity contribution in [3.05, 3.63) is 46.5 Å². The van der Waals surface area contributed by atoms with Gasteiger partial charge in [-0.25, -0.2) is 4.98 Å². The second-order valence-electron chi connectivity index (χ2n) is 4.84. The first-order valence-electron chi connectivity index (χ1n) is 7.47. The lowest BCUT2D eigenvalue weighted by molar-refractivity contribution is 1.08. The zero-order valence-corrected chi connectivity index (χ0v) is 13.6. The highest BCUT2D eigenvalue weighted by Gasteiger charge is 2.10. The Morgan fingerprint density at radius 2 is 1.67 bits per heavy atom. The minimum atomic E-state index is 0.629. The van der Waals surface area contributed by atoms with Crippen LogP contribution in [-0.2, 0) is 12.8 Å². The van der Waals surface area contributed by atoms with E-state index in [2.05, 4.69) is 47.7 Å². The molecule has 4 heteroatoms. The summed E-state index contributed by atoms with van der Waals surface area (Å²) in [7, 11) is 0. The van der Waals surface area contributed by atoms with Crippen molar-refractivity contribution in [1.29, 1.82) is 0 Å². The lowest BCUT2D eigenvalue weighted by atomic mass is 10.0. The van der Waals surface area contributed by atoms with Gasteiger partial charge in [0.15, 0.2) is 5.82 Å². The molecule has 0 spiro atoms. The van der Waals surface area contributed by atoms with E-state index >= 15 is 0 Å². The highest BCUT2D eigenvalue weighted by molar-refractivity contribution is 6.33. The summed E-state index contributed by atoms with van der Waals surface area (Å²) in [6.07, 6.45) is 1.95. The second kappa shape index (κ2) is 7.32. The lowest BCUT2D eigenvalue weighted by Gasteiger charge is -2.16. The average molecular weight is 304 g/mol. The molecule has 1 aromatic heterocycles. The Morgan fingerprint density at radius 1 is 1.00 bits per heavy atom. The Kier molecular flexibility index (Phi) is 5.45. The fourth-order valence-corrected chi connectivity index (χ4v) is 2.48. The number of benzene rings is 1. The molecule has 0 aliphatic heterocycles. The van der Waals surface area contributed by atoms with Crippen molar-refractivity contribution < 1.29 is 0 Å². The van der Waals surface area contributed by atoms with E-state index in [-0.39, 0.29) is 0 Å². The van der Waals surface area contributed by atoms with Crippen LogP contribution in [0.4, 0.5) is 17.3 Å². The average Bonchev–Trinajstić information content (AvgIpc) is 2.51. The van der Waals surface area contributed by atoms with E-state index in [4.69, 9.17) is 11.6 Å². The van der Waals surface area contributed by atoms with Crippen molar-refractivity contribution in [1.82, 2.24) is 4.98 Å². The third kappa shape index (κ3) is 3.67. The summed E-state index contributed by atoms with van der Waals surface area (Å²) in [5.41, 5.74) is 3.69. The zero-order valence-electron chi connectivity index (χ0n) is 12.8. The van der Waals surface area contributed by atoms with Crippen molar-refractivity contribution in [3.63, 3.8) is 0 Å². The molecule has 0 amide bonds. The van der Waals surface area contributed by atoms with Crippen LogP contribution < -0.4 is 10.6 Å². The molecule has 0 aliphatic rings. The summed E-state index contributed by atoms with van der Waals surface area (Å²) in [5, 5.41) is 7.26. The molecule has 21 heavy (non-hydrogen) atoms. The van der Waals surface area contributed by atoms with Gasteiger partial charge < -0.3 is 10.6 Å². The summed E-state index contributed by atoms with van der Waals surface area (Å²) in [6, 6.07) is 10.2. The Labute approximate surface area is 131 Å². The maximum absolute atomic E-state index is 6.28.